The lowest BCUT2D eigenvalue weighted by molar-refractivity contribution is -0.138. The fourth-order valence-electron chi connectivity index (χ4n) is 5.81. The summed E-state index contributed by atoms with van der Waals surface area (Å²) in [6, 6.07) is 19.1. The van der Waals surface area contributed by atoms with Crippen LogP contribution in [0.15, 0.2) is 107 Å². The molecule has 0 saturated carbocycles. The van der Waals surface area contributed by atoms with Crippen molar-refractivity contribution in [1.29, 1.82) is 0 Å². The molecule has 2 heterocycles. The highest BCUT2D eigenvalue weighted by molar-refractivity contribution is 8.13. The Hall–Kier alpha value is -4.31. The van der Waals surface area contributed by atoms with Gasteiger partial charge >= 0.3 is 24.4 Å². The smallest absolute Gasteiger partial charge is 0.335 e. The molecular formula is C38H39Cl3F6N6O6S2. The maximum Gasteiger partial charge on any atom is 0.416 e. The fraction of sp³-hybridized carbons (Fsp3) is 0.316. The van der Waals surface area contributed by atoms with Crippen LogP contribution in [0, 0.1) is 0 Å². The molecule has 332 valence electrons. The van der Waals surface area contributed by atoms with Crippen LogP contribution in [0.3, 0.4) is 0 Å². The number of piperidine rings is 2. The summed E-state index contributed by atoms with van der Waals surface area (Å²) in [5, 5.41) is 14.3. The zero-order chi connectivity index (χ0) is 45.0. The molecule has 2 saturated heterocycles. The number of carbonyl (C=O) groups excluding carboxylic acids is 2. The van der Waals surface area contributed by atoms with E-state index in [-0.39, 0.29) is 46.3 Å². The minimum absolute atomic E-state index is 0.0186. The van der Waals surface area contributed by atoms with Gasteiger partial charge in [0.25, 0.3) is 9.05 Å². The van der Waals surface area contributed by atoms with Gasteiger partial charge < -0.3 is 26.6 Å². The Labute approximate surface area is 362 Å². The predicted molar refractivity (Wildman–Crippen MR) is 221 cm³/mol. The van der Waals surface area contributed by atoms with Crippen LogP contribution in [0.5, 0.6) is 0 Å². The summed E-state index contributed by atoms with van der Waals surface area (Å²) >= 11 is 11.3. The molecule has 23 heteroatoms. The Morgan fingerprint density at radius 3 is 1.39 bits per heavy atom. The van der Waals surface area contributed by atoms with E-state index in [0.717, 1.165) is 50.2 Å². The van der Waals surface area contributed by atoms with E-state index in [1.165, 1.54) is 77.1 Å². The standard InChI is InChI=1S/C19H19ClF3N3O3S.C13H16F3N3O.C6H4Cl2O2S/c20-14-4-6-17(7-5-14)30(28,29)26-10-8-15(9-11-26)24-18(27)25-16-3-1-2-13(12-16)19(21,22)23;14-13(15,16)9-2-1-3-11(8-9)19-12(20)18-10-4-6-17-7-5-10;7-5-1-3-6(4-2-5)11(8,9)10/h1-7,12,15H,8-11H2,(H2,24,25,27);1-3,8,10,17H,4-7H2,(H2,18,19,20);1-4H. The van der Waals surface area contributed by atoms with Crippen molar-refractivity contribution < 1.29 is 52.8 Å². The summed E-state index contributed by atoms with van der Waals surface area (Å²) in [4.78, 5) is 24.0. The zero-order valence-electron chi connectivity index (χ0n) is 31.7. The molecule has 4 aromatic rings. The van der Waals surface area contributed by atoms with Crippen molar-refractivity contribution in [1.82, 2.24) is 20.3 Å². The summed E-state index contributed by atoms with van der Waals surface area (Å²) in [5.74, 6) is 0. The molecule has 2 aliphatic heterocycles. The van der Waals surface area contributed by atoms with Crippen LogP contribution in [0.4, 0.5) is 47.3 Å². The van der Waals surface area contributed by atoms with Gasteiger partial charge in [0.2, 0.25) is 10.0 Å². The average molecular weight is 960 g/mol. The second-order valence-electron chi connectivity index (χ2n) is 13.4. The Kier molecular flexibility index (Phi) is 17.5. The van der Waals surface area contributed by atoms with Crippen LogP contribution in [0.2, 0.25) is 10.0 Å². The number of nitrogens with one attached hydrogen (secondary N) is 5. The molecule has 61 heavy (non-hydrogen) atoms. The van der Waals surface area contributed by atoms with Gasteiger partial charge in [0.15, 0.2) is 0 Å². The third-order valence-corrected chi connectivity index (χ3v) is 12.7. The second-order valence-corrected chi connectivity index (χ2v) is 18.8. The summed E-state index contributed by atoms with van der Waals surface area (Å²) in [5.41, 5.74) is -1.49. The van der Waals surface area contributed by atoms with Gasteiger partial charge in [0.1, 0.15) is 0 Å². The largest absolute Gasteiger partial charge is 0.416 e. The van der Waals surface area contributed by atoms with Gasteiger partial charge in [0, 0.05) is 57.3 Å². The molecule has 5 N–H and O–H groups in total. The van der Waals surface area contributed by atoms with E-state index in [1.807, 2.05) is 0 Å². The predicted octanol–water partition coefficient (Wildman–Crippen LogP) is 9.18. The minimum Gasteiger partial charge on any atom is -0.335 e. The van der Waals surface area contributed by atoms with Crippen LogP contribution >= 0.6 is 33.9 Å². The van der Waals surface area contributed by atoms with Crippen molar-refractivity contribution in [2.24, 2.45) is 0 Å². The van der Waals surface area contributed by atoms with Gasteiger partial charge in [0.05, 0.1) is 20.9 Å². The van der Waals surface area contributed by atoms with Crippen LogP contribution in [0.25, 0.3) is 0 Å². The number of hydrogen-bond acceptors (Lipinski definition) is 7. The Balaban J connectivity index is 0.000000226. The van der Waals surface area contributed by atoms with Gasteiger partial charge in [-0.1, -0.05) is 35.3 Å². The summed E-state index contributed by atoms with van der Waals surface area (Å²) in [7, 11) is -2.22. The molecule has 0 bridgehead atoms. The number of amides is 4. The van der Waals surface area contributed by atoms with Gasteiger partial charge in [-0.2, -0.15) is 30.6 Å². The van der Waals surface area contributed by atoms with Crippen LogP contribution in [-0.2, 0) is 31.4 Å². The first-order valence-electron chi connectivity index (χ1n) is 18.2. The number of sulfonamides is 1. The normalized spacial score (nSPS) is 15.6. The van der Waals surface area contributed by atoms with E-state index >= 15 is 0 Å². The van der Waals surface area contributed by atoms with Gasteiger partial charge in [-0.25, -0.2) is 26.4 Å². The van der Waals surface area contributed by atoms with E-state index in [4.69, 9.17) is 33.9 Å². The van der Waals surface area contributed by atoms with Crippen molar-refractivity contribution in [2.75, 3.05) is 36.8 Å². The monoisotopic (exact) mass is 958 g/mol. The van der Waals surface area contributed by atoms with E-state index in [1.54, 1.807) is 0 Å². The average Bonchev–Trinajstić information content (AvgIpc) is 3.18. The van der Waals surface area contributed by atoms with Crippen LogP contribution in [-0.4, -0.2) is 71.5 Å². The molecule has 4 aromatic carbocycles. The summed E-state index contributed by atoms with van der Waals surface area (Å²) < 4.78 is 124. The first-order chi connectivity index (χ1) is 28.5. The first-order valence-corrected chi connectivity index (χ1v) is 22.7. The number of rotatable bonds is 7. The number of urea groups is 2. The molecule has 12 nitrogen and oxygen atoms in total. The third-order valence-electron chi connectivity index (χ3n) is 8.91. The molecule has 0 aromatic heterocycles. The molecule has 2 aliphatic rings. The molecule has 4 amide bonds. The number of alkyl halides is 6. The highest BCUT2D eigenvalue weighted by Crippen LogP contribution is 2.32. The van der Waals surface area contributed by atoms with Crippen LogP contribution < -0.4 is 26.6 Å². The number of benzene rings is 4. The lowest BCUT2D eigenvalue weighted by Crippen LogP contribution is -2.47. The Morgan fingerprint density at radius 1 is 0.607 bits per heavy atom. The maximum absolute atomic E-state index is 12.8. The van der Waals surface area contributed by atoms with E-state index in [2.05, 4.69) is 26.6 Å². The van der Waals surface area contributed by atoms with Gasteiger partial charge in [-0.15, -0.1) is 0 Å². The van der Waals surface area contributed by atoms with Crippen molar-refractivity contribution in [2.45, 2.75) is 59.9 Å². The SMILES string of the molecule is O=C(Nc1cccc(C(F)(F)F)c1)NC1CCN(S(=O)(=O)c2ccc(Cl)cc2)CC1.O=C(Nc1cccc(C(F)(F)F)c1)NC1CCNCC1.O=S(=O)(Cl)c1ccc(Cl)cc1. The molecule has 6 rings (SSSR count). The molecule has 0 unspecified atom stereocenters. The highest BCUT2D eigenvalue weighted by atomic mass is 35.7. The zero-order valence-corrected chi connectivity index (χ0v) is 35.6. The molecule has 0 atom stereocenters. The second kappa shape index (κ2) is 21.7. The van der Waals surface area contributed by atoms with Crippen molar-refractivity contribution >= 4 is 76.4 Å². The number of anilines is 2. The summed E-state index contributed by atoms with van der Waals surface area (Å²) in [6.07, 6.45) is -6.53. The van der Waals surface area contributed by atoms with Crippen LogP contribution in [0.1, 0.15) is 36.8 Å². The fourth-order valence-corrected chi connectivity index (χ4v) is 8.30. The molecule has 2 fully saturated rings. The molecular weight excluding hydrogens is 921 g/mol. The molecule has 0 radical (unpaired) electrons. The highest BCUT2D eigenvalue weighted by Gasteiger charge is 2.32. The minimum atomic E-state index is -4.50. The van der Waals surface area contributed by atoms with E-state index < -0.39 is 54.6 Å². The summed E-state index contributed by atoms with van der Waals surface area (Å²) in [6.45, 7) is 2.07. The van der Waals surface area contributed by atoms with Crippen molar-refractivity contribution in [3.8, 4) is 0 Å². The Bertz CT molecular complexity index is 2310. The third kappa shape index (κ3) is 16.2. The number of hydrogen-bond donors (Lipinski definition) is 5. The van der Waals surface area contributed by atoms with Crippen molar-refractivity contribution in [3.05, 3.63) is 118 Å². The van der Waals surface area contributed by atoms with E-state index in [0.29, 0.717) is 22.9 Å². The quantitative estimate of drug-likeness (QED) is 0.0911. The first kappa shape index (κ1) is 49.3. The van der Waals surface area contributed by atoms with Crippen molar-refractivity contribution in [3.63, 3.8) is 0 Å². The maximum atomic E-state index is 12.8. The molecule has 0 aliphatic carbocycles. The Morgan fingerprint density at radius 2 is 1.00 bits per heavy atom. The number of carbonyl (C=O) groups is 2. The van der Waals surface area contributed by atoms with Gasteiger partial charge in [-0.3, -0.25) is 0 Å². The van der Waals surface area contributed by atoms with E-state index in [9.17, 15) is 52.8 Å². The lowest BCUT2D eigenvalue weighted by atomic mass is 10.1. The number of halogens is 9. The van der Waals surface area contributed by atoms with Gasteiger partial charge in [-0.05, 0) is 124 Å². The lowest BCUT2D eigenvalue weighted by Gasteiger charge is -2.31. The molecule has 0 spiro atoms. The number of nitrogens with zero attached hydrogens (tertiary/aromatic N) is 1. The topological polar surface area (TPSA) is 166 Å².